The normalized spacial score (nSPS) is 11.6. The molecular formula is C40H34S2. The molecule has 2 aromatic heterocycles. The van der Waals surface area contributed by atoms with Gasteiger partial charge in [-0.2, -0.15) is 0 Å². The molecule has 7 aromatic rings. The molecular weight excluding hydrogens is 545 g/mol. The lowest BCUT2D eigenvalue weighted by atomic mass is 9.81. The Bertz CT molecular complexity index is 1960. The first-order chi connectivity index (χ1) is 20.3. The van der Waals surface area contributed by atoms with Crippen molar-refractivity contribution in [1.29, 1.82) is 0 Å². The van der Waals surface area contributed by atoms with Crippen molar-refractivity contribution in [3.05, 3.63) is 129 Å². The first-order valence-corrected chi connectivity index (χ1v) is 16.2. The zero-order valence-corrected chi connectivity index (χ0v) is 26.7. The maximum atomic E-state index is 2.45. The number of hydrogen-bond donors (Lipinski definition) is 0. The topological polar surface area (TPSA) is 0 Å². The Morgan fingerprint density at radius 3 is 1.07 bits per heavy atom. The second kappa shape index (κ2) is 10.4. The molecule has 0 aliphatic carbocycles. The molecule has 42 heavy (non-hydrogen) atoms. The van der Waals surface area contributed by atoms with Crippen LogP contribution in [-0.4, -0.2) is 0 Å². The van der Waals surface area contributed by atoms with Crippen LogP contribution in [0.3, 0.4) is 0 Å². The Hall–Kier alpha value is -3.98. The molecule has 0 unspecified atom stereocenters. The van der Waals surface area contributed by atoms with Gasteiger partial charge in [-0.25, -0.2) is 0 Å². The molecule has 0 N–H and O–H groups in total. The lowest BCUT2D eigenvalue weighted by Gasteiger charge is -2.23. The quantitative estimate of drug-likeness (QED) is 0.182. The van der Waals surface area contributed by atoms with Crippen LogP contribution in [0.2, 0.25) is 0 Å². The third-order valence-electron chi connectivity index (χ3n) is 8.63. The fourth-order valence-electron chi connectivity index (χ4n) is 6.67. The van der Waals surface area contributed by atoms with E-state index in [0.29, 0.717) is 0 Å². The number of hydrogen-bond acceptors (Lipinski definition) is 2. The monoisotopic (exact) mass is 578 g/mol. The fourth-order valence-corrected chi connectivity index (χ4v) is 8.40. The lowest BCUT2D eigenvalue weighted by Crippen LogP contribution is -1.97. The number of rotatable bonds is 4. The summed E-state index contributed by atoms with van der Waals surface area (Å²) >= 11 is 3.74. The number of benzene rings is 5. The summed E-state index contributed by atoms with van der Waals surface area (Å²) in [6.45, 7) is 13.4. The van der Waals surface area contributed by atoms with Crippen LogP contribution in [-0.2, 0) is 0 Å². The van der Waals surface area contributed by atoms with Gasteiger partial charge in [-0.3, -0.25) is 0 Å². The van der Waals surface area contributed by atoms with Crippen LogP contribution in [0.4, 0.5) is 0 Å². The number of fused-ring (bicyclic) bond motifs is 2. The van der Waals surface area contributed by atoms with Crippen molar-refractivity contribution < 1.29 is 0 Å². The summed E-state index contributed by atoms with van der Waals surface area (Å²) in [6, 6.07) is 36.7. The molecule has 0 bridgehead atoms. The van der Waals surface area contributed by atoms with Crippen LogP contribution in [0.5, 0.6) is 0 Å². The van der Waals surface area contributed by atoms with E-state index in [-0.39, 0.29) is 0 Å². The summed E-state index contributed by atoms with van der Waals surface area (Å²) in [6.07, 6.45) is 0. The minimum Gasteiger partial charge on any atom is -0.141 e. The first kappa shape index (κ1) is 26.9. The summed E-state index contributed by atoms with van der Waals surface area (Å²) in [5.41, 5.74) is 13.2. The van der Waals surface area contributed by atoms with Gasteiger partial charge in [0.25, 0.3) is 0 Å². The SMILES string of the molecule is Cc1ccc(-c2ccc3c(-c4c(C)cccc4C)c4cc(-c5ccc(C)s5)ccc4c(-c4c(C)cccc4C)c3c2)s1. The Morgan fingerprint density at radius 1 is 0.357 bits per heavy atom. The van der Waals surface area contributed by atoms with Gasteiger partial charge >= 0.3 is 0 Å². The van der Waals surface area contributed by atoms with Crippen molar-refractivity contribution >= 4 is 44.2 Å². The van der Waals surface area contributed by atoms with Crippen LogP contribution in [0.25, 0.3) is 64.7 Å². The van der Waals surface area contributed by atoms with E-state index in [2.05, 4.69) is 139 Å². The van der Waals surface area contributed by atoms with Gasteiger partial charge in [0.05, 0.1) is 0 Å². The van der Waals surface area contributed by atoms with E-state index in [4.69, 9.17) is 0 Å². The van der Waals surface area contributed by atoms with Gasteiger partial charge in [0, 0.05) is 19.5 Å². The largest absolute Gasteiger partial charge is 0.141 e. The smallest absolute Gasteiger partial charge is 0.0345 e. The highest BCUT2D eigenvalue weighted by Gasteiger charge is 2.22. The van der Waals surface area contributed by atoms with Crippen LogP contribution in [0, 0.1) is 41.5 Å². The molecule has 0 spiro atoms. The molecule has 7 rings (SSSR count). The van der Waals surface area contributed by atoms with Gasteiger partial charge in [0.2, 0.25) is 0 Å². The van der Waals surface area contributed by atoms with Crippen molar-refractivity contribution in [2.75, 3.05) is 0 Å². The minimum atomic E-state index is 1.28. The third kappa shape index (κ3) is 4.42. The van der Waals surface area contributed by atoms with Crippen molar-refractivity contribution in [3.8, 4) is 43.1 Å². The maximum Gasteiger partial charge on any atom is 0.0345 e. The predicted molar refractivity (Wildman–Crippen MR) is 187 cm³/mol. The van der Waals surface area contributed by atoms with Crippen LogP contribution in [0.15, 0.2) is 97.1 Å². The van der Waals surface area contributed by atoms with Gasteiger partial charge in [-0.05, 0) is 155 Å². The first-order valence-electron chi connectivity index (χ1n) is 14.6. The highest BCUT2D eigenvalue weighted by Crippen LogP contribution is 2.49. The van der Waals surface area contributed by atoms with Gasteiger partial charge in [0.1, 0.15) is 0 Å². The Morgan fingerprint density at radius 2 is 0.738 bits per heavy atom. The predicted octanol–water partition coefficient (Wildman–Crippen LogP) is 12.6. The van der Waals surface area contributed by atoms with Crippen LogP contribution in [0.1, 0.15) is 32.0 Å². The van der Waals surface area contributed by atoms with Gasteiger partial charge in [-0.1, -0.05) is 60.7 Å². The van der Waals surface area contributed by atoms with Gasteiger partial charge in [0.15, 0.2) is 0 Å². The molecule has 2 heteroatoms. The fraction of sp³-hybridized carbons (Fsp3) is 0.150. The maximum absolute atomic E-state index is 2.45. The summed E-state index contributed by atoms with van der Waals surface area (Å²) in [7, 11) is 0. The summed E-state index contributed by atoms with van der Waals surface area (Å²) in [5, 5.41) is 5.27. The summed E-state index contributed by atoms with van der Waals surface area (Å²) in [4.78, 5) is 5.32. The molecule has 0 aliphatic heterocycles. The Kier molecular flexibility index (Phi) is 6.65. The molecule has 0 radical (unpaired) electrons. The highest BCUT2D eigenvalue weighted by atomic mass is 32.1. The Labute approximate surface area is 256 Å². The van der Waals surface area contributed by atoms with Crippen molar-refractivity contribution in [2.24, 2.45) is 0 Å². The molecule has 0 saturated carbocycles. The Balaban J connectivity index is 1.71. The molecule has 0 nitrogen and oxygen atoms in total. The second-order valence-electron chi connectivity index (χ2n) is 11.6. The summed E-state index contributed by atoms with van der Waals surface area (Å²) in [5.74, 6) is 0. The molecule has 206 valence electrons. The van der Waals surface area contributed by atoms with Crippen LogP contribution < -0.4 is 0 Å². The highest BCUT2D eigenvalue weighted by molar-refractivity contribution is 7.15. The minimum absolute atomic E-state index is 1.28. The molecule has 0 saturated heterocycles. The third-order valence-corrected chi connectivity index (χ3v) is 10.7. The van der Waals surface area contributed by atoms with E-state index in [1.54, 1.807) is 0 Å². The molecule has 0 fully saturated rings. The zero-order chi connectivity index (χ0) is 29.1. The van der Waals surface area contributed by atoms with Crippen LogP contribution >= 0.6 is 22.7 Å². The van der Waals surface area contributed by atoms with E-state index >= 15 is 0 Å². The molecule has 5 aromatic carbocycles. The second-order valence-corrected chi connectivity index (χ2v) is 14.2. The standard InChI is InChI=1S/C40H34S2/c1-23-9-7-10-24(2)37(23)39-31-17-15-30(36-20-14-28(6)42-36)22-34(31)40(38-25(3)11-8-12-26(38)4)32-18-16-29(21-33(32)39)35-19-13-27(5)41-35/h7-22H,1-6H3. The van der Waals surface area contributed by atoms with E-state index in [1.165, 1.54) is 96.7 Å². The average Bonchev–Trinajstić information content (AvgIpc) is 3.61. The van der Waals surface area contributed by atoms with E-state index in [9.17, 15) is 0 Å². The molecule has 0 atom stereocenters. The number of thiophene rings is 2. The van der Waals surface area contributed by atoms with Crippen molar-refractivity contribution in [2.45, 2.75) is 41.5 Å². The summed E-state index contributed by atoms with van der Waals surface area (Å²) < 4.78 is 0. The van der Waals surface area contributed by atoms with Gasteiger partial charge in [-0.15, -0.1) is 22.7 Å². The molecule has 2 heterocycles. The van der Waals surface area contributed by atoms with E-state index in [0.717, 1.165) is 0 Å². The number of aryl methyl sites for hydroxylation is 6. The molecule has 0 aliphatic rings. The molecule has 0 amide bonds. The van der Waals surface area contributed by atoms with Gasteiger partial charge < -0.3 is 0 Å². The van der Waals surface area contributed by atoms with E-state index in [1.807, 2.05) is 22.7 Å². The average molecular weight is 579 g/mol. The lowest BCUT2D eigenvalue weighted by molar-refractivity contribution is 1.38. The van der Waals surface area contributed by atoms with E-state index < -0.39 is 0 Å². The zero-order valence-electron chi connectivity index (χ0n) is 25.1. The van der Waals surface area contributed by atoms with Crippen molar-refractivity contribution in [3.63, 3.8) is 0 Å². The van der Waals surface area contributed by atoms with Crippen molar-refractivity contribution in [1.82, 2.24) is 0 Å².